The maximum atomic E-state index is 14.1. The summed E-state index contributed by atoms with van der Waals surface area (Å²) in [4.78, 5) is 0. The fourth-order valence-electron chi connectivity index (χ4n) is 2.23. The SMILES string of the molecule is CCNC(c1ccc(F)c(F)c1F)c1c(Cl)cnn1CC. The van der Waals surface area contributed by atoms with Crippen molar-refractivity contribution in [1.29, 1.82) is 0 Å². The predicted molar refractivity (Wildman–Crippen MR) is 74.7 cm³/mol. The summed E-state index contributed by atoms with van der Waals surface area (Å²) in [6, 6.07) is 1.41. The van der Waals surface area contributed by atoms with E-state index in [0.717, 1.165) is 6.07 Å². The Balaban J connectivity index is 2.59. The third-order valence-electron chi connectivity index (χ3n) is 3.19. The highest BCUT2D eigenvalue weighted by Crippen LogP contribution is 2.31. The molecule has 0 aliphatic heterocycles. The van der Waals surface area contributed by atoms with Crippen LogP contribution in [0.3, 0.4) is 0 Å². The van der Waals surface area contributed by atoms with Gasteiger partial charge < -0.3 is 5.32 Å². The van der Waals surface area contributed by atoms with E-state index in [0.29, 0.717) is 23.8 Å². The van der Waals surface area contributed by atoms with E-state index in [9.17, 15) is 13.2 Å². The van der Waals surface area contributed by atoms with Crippen LogP contribution in [0.1, 0.15) is 31.1 Å². The second-order valence-electron chi connectivity index (χ2n) is 4.45. The Hall–Kier alpha value is -1.53. The van der Waals surface area contributed by atoms with Crippen LogP contribution in [-0.4, -0.2) is 16.3 Å². The lowest BCUT2D eigenvalue weighted by Crippen LogP contribution is -2.26. The van der Waals surface area contributed by atoms with Crippen LogP contribution in [0.5, 0.6) is 0 Å². The van der Waals surface area contributed by atoms with Crippen LogP contribution in [0.25, 0.3) is 0 Å². The molecule has 0 aliphatic carbocycles. The molecule has 21 heavy (non-hydrogen) atoms. The third kappa shape index (κ3) is 2.91. The van der Waals surface area contributed by atoms with E-state index in [1.807, 2.05) is 13.8 Å². The molecule has 0 saturated carbocycles. The van der Waals surface area contributed by atoms with Gasteiger partial charge in [-0.2, -0.15) is 5.10 Å². The molecule has 2 rings (SSSR count). The van der Waals surface area contributed by atoms with Crippen molar-refractivity contribution in [1.82, 2.24) is 15.1 Å². The zero-order chi connectivity index (χ0) is 15.6. The third-order valence-corrected chi connectivity index (χ3v) is 3.48. The van der Waals surface area contributed by atoms with Gasteiger partial charge in [0.05, 0.1) is 23.0 Å². The summed E-state index contributed by atoms with van der Waals surface area (Å²) < 4.78 is 42.2. The van der Waals surface area contributed by atoms with Gasteiger partial charge in [-0.25, -0.2) is 13.2 Å². The lowest BCUT2D eigenvalue weighted by molar-refractivity contribution is 0.429. The number of halogens is 4. The summed E-state index contributed by atoms with van der Waals surface area (Å²) in [5, 5.41) is 7.46. The number of hydrogen-bond donors (Lipinski definition) is 1. The molecule has 114 valence electrons. The summed E-state index contributed by atoms with van der Waals surface area (Å²) in [5.41, 5.74) is 0.513. The molecular weight excluding hydrogens is 303 g/mol. The Labute approximate surface area is 125 Å². The highest BCUT2D eigenvalue weighted by molar-refractivity contribution is 6.31. The van der Waals surface area contributed by atoms with Crippen LogP contribution in [0.2, 0.25) is 5.02 Å². The zero-order valence-corrected chi connectivity index (χ0v) is 12.4. The first kappa shape index (κ1) is 15.9. The molecule has 1 atom stereocenters. The molecule has 0 radical (unpaired) electrons. The van der Waals surface area contributed by atoms with Gasteiger partial charge in [0.2, 0.25) is 0 Å². The van der Waals surface area contributed by atoms with E-state index in [-0.39, 0.29) is 5.56 Å². The number of rotatable bonds is 5. The average Bonchev–Trinajstić information content (AvgIpc) is 2.84. The molecule has 0 saturated heterocycles. The smallest absolute Gasteiger partial charge is 0.194 e. The van der Waals surface area contributed by atoms with Gasteiger partial charge in [0, 0.05) is 12.1 Å². The van der Waals surface area contributed by atoms with Crippen LogP contribution in [0, 0.1) is 17.5 Å². The Morgan fingerprint density at radius 1 is 1.24 bits per heavy atom. The predicted octanol–water partition coefficient (Wildman–Crippen LogP) is 3.67. The van der Waals surface area contributed by atoms with Crippen molar-refractivity contribution in [3.63, 3.8) is 0 Å². The van der Waals surface area contributed by atoms with Gasteiger partial charge in [0.1, 0.15) is 0 Å². The second-order valence-corrected chi connectivity index (χ2v) is 4.86. The van der Waals surface area contributed by atoms with Gasteiger partial charge in [-0.05, 0) is 19.5 Å². The van der Waals surface area contributed by atoms with E-state index in [1.54, 1.807) is 4.68 Å². The number of aryl methyl sites for hydroxylation is 1. The molecule has 1 aromatic carbocycles. The van der Waals surface area contributed by atoms with E-state index < -0.39 is 23.5 Å². The van der Waals surface area contributed by atoms with Crippen molar-refractivity contribution in [2.45, 2.75) is 26.4 Å². The van der Waals surface area contributed by atoms with Gasteiger partial charge in [-0.15, -0.1) is 0 Å². The monoisotopic (exact) mass is 317 g/mol. The molecule has 0 bridgehead atoms. The Morgan fingerprint density at radius 3 is 2.57 bits per heavy atom. The molecule has 7 heteroatoms. The van der Waals surface area contributed by atoms with Crippen molar-refractivity contribution in [3.8, 4) is 0 Å². The minimum absolute atomic E-state index is 0.00662. The highest BCUT2D eigenvalue weighted by atomic mass is 35.5. The van der Waals surface area contributed by atoms with Gasteiger partial charge >= 0.3 is 0 Å². The number of hydrogen-bond acceptors (Lipinski definition) is 2. The van der Waals surface area contributed by atoms with E-state index in [4.69, 9.17) is 11.6 Å². The lowest BCUT2D eigenvalue weighted by atomic mass is 10.0. The van der Waals surface area contributed by atoms with Crippen molar-refractivity contribution >= 4 is 11.6 Å². The van der Waals surface area contributed by atoms with Crippen LogP contribution < -0.4 is 5.32 Å². The largest absolute Gasteiger partial charge is 0.305 e. The maximum Gasteiger partial charge on any atom is 0.194 e. The van der Waals surface area contributed by atoms with Crippen LogP contribution in [0.4, 0.5) is 13.2 Å². The summed E-state index contributed by atoms with van der Waals surface area (Å²) in [7, 11) is 0. The fraction of sp³-hybridized carbons (Fsp3) is 0.357. The Kier molecular flexibility index (Phi) is 4.90. The van der Waals surface area contributed by atoms with E-state index >= 15 is 0 Å². The molecule has 1 aromatic heterocycles. The van der Waals surface area contributed by atoms with Crippen LogP contribution in [-0.2, 0) is 6.54 Å². The average molecular weight is 318 g/mol. The number of aromatic nitrogens is 2. The molecule has 0 fully saturated rings. The first-order valence-electron chi connectivity index (χ1n) is 6.59. The van der Waals surface area contributed by atoms with E-state index in [1.165, 1.54) is 12.3 Å². The number of benzene rings is 1. The highest BCUT2D eigenvalue weighted by Gasteiger charge is 2.26. The minimum Gasteiger partial charge on any atom is -0.305 e. The standard InChI is InChI=1S/C14H15ClF3N3/c1-3-19-13(14-9(15)7-20-21(14)4-2)8-5-6-10(16)12(18)11(8)17/h5-7,13,19H,3-4H2,1-2H3. The van der Waals surface area contributed by atoms with Crippen molar-refractivity contribution in [2.24, 2.45) is 0 Å². The molecule has 1 N–H and O–H groups in total. The molecule has 0 spiro atoms. The van der Waals surface area contributed by atoms with Gasteiger partial charge in [-0.1, -0.05) is 24.6 Å². The van der Waals surface area contributed by atoms with Gasteiger partial charge in [0.15, 0.2) is 17.5 Å². The van der Waals surface area contributed by atoms with Crippen molar-refractivity contribution in [2.75, 3.05) is 6.54 Å². The second kappa shape index (κ2) is 6.49. The first-order valence-corrected chi connectivity index (χ1v) is 6.97. The van der Waals surface area contributed by atoms with Gasteiger partial charge in [-0.3, -0.25) is 4.68 Å². The molecule has 0 aliphatic rings. The lowest BCUT2D eigenvalue weighted by Gasteiger charge is -2.21. The molecular formula is C14H15ClF3N3. The zero-order valence-electron chi connectivity index (χ0n) is 11.6. The molecule has 0 amide bonds. The normalized spacial score (nSPS) is 12.7. The number of nitrogens with zero attached hydrogens (tertiary/aromatic N) is 2. The molecule has 3 nitrogen and oxygen atoms in total. The quantitative estimate of drug-likeness (QED) is 0.853. The summed E-state index contributed by atoms with van der Waals surface area (Å²) in [6.45, 7) is 4.70. The van der Waals surface area contributed by atoms with Crippen molar-refractivity contribution in [3.05, 3.63) is 52.1 Å². The molecule has 2 aromatic rings. The Bertz CT molecular complexity index is 643. The maximum absolute atomic E-state index is 14.1. The Morgan fingerprint density at radius 2 is 1.95 bits per heavy atom. The van der Waals surface area contributed by atoms with E-state index in [2.05, 4.69) is 10.4 Å². The summed E-state index contributed by atoms with van der Waals surface area (Å²) in [6.07, 6.45) is 1.45. The summed E-state index contributed by atoms with van der Waals surface area (Å²) in [5.74, 6) is -3.93. The molecule has 1 heterocycles. The topological polar surface area (TPSA) is 29.9 Å². The van der Waals surface area contributed by atoms with Crippen molar-refractivity contribution < 1.29 is 13.2 Å². The van der Waals surface area contributed by atoms with Gasteiger partial charge in [0.25, 0.3) is 0 Å². The molecule has 1 unspecified atom stereocenters. The fourth-order valence-corrected chi connectivity index (χ4v) is 2.48. The summed E-state index contributed by atoms with van der Waals surface area (Å²) >= 11 is 6.11. The number of nitrogens with one attached hydrogen (secondary N) is 1. The van der Waals surface area contributed by atoms with Crippen LogP contribution in [0.15, 0.2) is 18.3 Å². The van der Waals surface area contributed by atoms with Crippen LogP contribution >= 0.6 is 11.6 Å². The minimum atomic E-state index is -1.49. The first-order chi connectivity index (χ1) is 10.0.